The lowest BCUT2D eigenvalue weighted by Crippen LogP contribution is -2.37. The zero-order chi connectivity index (χ0) is 21.1. The lowest BCUT2D eigenvalue weighted by atomic mass is 9.86. The number of thiophene rings is 1. The molecule has 5 heteroatoms. The number of ether oxygens (including phenoxy) is 2. The van der Waals surface area contributed by atoms with Gasteiger partial charge in [0, 0.05) is 22.8 Å². The first-order valence-electron chi connectivity index (χ1n) is 10.8. The van der Waals surface area contributed by atoms with E-state index in [0.717, 1.165) is 42.5 Å². The Morgan fingerprint density at radius 1 is 1.23 bits per heavy atom. The topological polar surface area (TPSA) is 21.7 Å². The summed E-state index contributed by atoms with van der Waals surface area (Å²) in [5.74, 6) is 2.08. The highest BCUT2D eigenvalue weighted by Crippen LogP contribution is 2.42. The molecular weight excluding hydrogens is 410 g/mol. The van der Waals surface area contributed by atoms with Crippen LogP contribution in [0.15, 0.2) is 35.9 Å². The molecule has 3 nitrogen and oxygen atoms in total. The number of fused-ring (bicyclic) bond motifs is 1. The number of morpholine rings is 1. The molecule has 160 valence electrons. The fourth-order valence-electron chi connectivity index (χ4n) is 4.54. The second-order valence-corrected chi connectivity index (χ2v) is 9.97. The van der Waals surface area contributed by atoms with Crippen molar-refractivity contribution >= 4 is 34.5 Å². The molecule has 1 fully saturated rings. The fraction of sp³-hybridized carbons (Fsp3) is 0.480. The van der Waals surface area contributed by atoms with Gasteiger partial charge < -0.3 is 9.47 Å². The van der Waals surface area contributed by atoms with Crippen LogP contribution in [0.25, 0.3) is 6.08 Å². The minimum atomic E-state index is 0.548. The van der Waals surface area contributed by atoms with Crippen molar-refractivity contribution in [2.24, 2.45) is 5.92 Å². The highest BCUT2D eigenvalue weighted by Gasteiger charge is 2.27. The van der Waals surface area contributed by atoms with E-state index in [4.69, 9.17) is 21.7 Å². The lowest BCUT2D eigenvalue weighted by molar-refractivity contribution is 0.0349. The normalized spacial score (nSPS) is 22.2. The monoisotopic (exact) mass is 441 g/mol. The second-order valence-electron chi connectivity index (χ2n) is 8.47. The van der Waals surface area contributed by atoms with Crippen LogP contribution in [0.4, 0.5) is 0 Å². The molecule has 0 radical (unpaired) electrons. The van der Waals surface area contributed by atoms with E-state index in [0.29, 0.717) is 11.8 Å². The Morgan fingerprint density at radius 3 is 2.67 bits per heavy atom. The molecular formula is C25H31NO2S2. The van der Waals surface area contributed by atoms with E-state index in [1.807, 2.05) is 23.5 Å². The van der Waals surface area contributed by atoms with Crippen molar-refractivity contribution in [3.8, 4) is 5.75 Å². The van der Waals surface area contributed by atoms with Gasteiger partial charge in [0.1, 0.15) is 5.75 Å². The molecule has 1 aliphatic carbocycles. The van der Waals surface area contributed by atoms with Crippen molar-refractivity contribution in [1.82, 2.24) is 4.90 Å². The first-order valence-corrected chi connectivity index (χ1v) is 12.1. The third-order valence-corrected chi connectivity index (χ3v) is 8.35. The van der Waals surface area contributed by atoms with Crippen molar-refractivity contribution in [1.29, 1.82) is 0 Å². The zero-order valence-corrected chi connectivity index (χ0v) is 19.8. The minimum Gasteiger partial charge on any atom is -0.497 e. The lowest BCUT2D eigenvalue weighted by Gasteiger charge is -2.30. The molecule has 0 spiro atoms. The van der Waals surface area contributed by atoms with Crippen LogP contribution in [0.3, 0.4) is 0 Å². The zero-order valence-electron chi connectivity index (χ0n) is 18.1. The first kappa shape index (κ1) is 21.7. The van der Waals surface area contributed by atoms with E-state index in [1.54, 1.807) is 7.11 Å². The molecule has 2 unspecified atom stereocenters. The number of allylic oxidation sites excluding steroid dienone is 1. The summed E-state index contributed by atoms with van der Waals surface area (Å²) < 4.78 is 10.8. The van der Waals surface area contributed by atoms with E-state index >= 15 is 0 Å². The van der Waals surface area contributed by atoms with Gasteiger partial charge in [-0.15, -0.1) is 11.3 Å². The highest BCUT2D eigenvalue weighted by molar-refractivity contribution is 7.81. The number of thiocarbonyl (C=S) groups is 1. The molecule has 0 N–H and O–H groups in total. The Balaban J connectivity index is 1.52. The van der Waals surface area contributed by atoms with Gasteiger partial charge in [0.2, 0.25) is 0 Å². The molecule has 2 aromatic rings. The number of hydrogen-bond acceptors (Lipinski definition) is 5. The maximum atomic E-state index is 5.85. The van der Waals surface area contributed by atoms with E-state index in [9.17, 15) is 0 Å². The van der Waals surface area contributed by atoms with Crippen LogP contribution in [0.2, 0.25) is 0 Å². The number of hydrogen-bond donors (Lipinski definition) is 0. The first-order chi connectivity index (χ1) is 14.5. The van der Waals surface area contributed by atoms with E-state index < -0.39 is 0 Å². The molecule has 0 bridgehead atoms. The maximum Gasteiger partial charge on any atom is 0.118 e. The molecule has 0 saturated carbocycles. The van der Waals surface area contributed by atoms with Gasteiger partial charge in [-0.1, -0.05) is 30.8 Å². The Labute approximate surface area is 189 Å². The van der Waals surface area contributed by atoms with Gasteiger partial charge in [0.15, 0.2) is 0 Å². The Hall–Kier alpha value is -1.53. The molecule has 1 aromatic carbocycles. The largest absolute Gasteiger partial charge is 0.497 e. The summed E-state index contributed by atoms with van der Waals surface area (Å²) in [4.78, 5) is 6.17. The Bertz CT molecular complexity index is 910. The van der Waals surface area contributed by atoms with Crippen LogP contribution in [0.1, 0.15) is 53.5 Å². The standard InChI is InChI=1S/C25H31NO2S2/c1-17-14-20(8-9-26-10-12-28-13-11-26)18(2)25-21(15-17)16-23(30-25)24(29)19-4-6-22(27-3)7-5-19/h4-7,15-16,18,20H,8-14H2,1-3H3. The molecule has 4 rings (SSSR count). The molecule has 1 aromatic heterocycles. The van der Waals surface area contributed by atoms with Gasteiger partial charge in [-0.2, -0.15) is 0 Å². The van der Waals surface area contributed by atoms with Crippen molar-refractivity contribution in [3.05, 3.63) is 56.8 Å². The van der Waals surface area contributed by atoms with Gasteiger partial charge in [-0.25, -0.2) is 0 Å². The Kier molecular flexibility index (Phi) is 7.04. The van der Waals surface area contributed by atoms with Crippen LogP contribution >= 0.6 is 23.6 Å². The van der Waals surface area contributed by atoms with Crippen LogP contribution in [-0.2, 0) is 4.74 Å². The summed E-state index contributed by atoms with van der Waals surface area (Å²) in [6.07, 6.45) is 4.81. The minimum absolute atomic E-state index is 0.548. The predicted molar refractivity (Wildman–Crippen MR) is 130 cm³/mol. The van der Waals surface area contributed by atoms with Gasteiger partial charge in [0.05, 0.1) is 25.2 Å². The second kappa shape index (κ2) is 9.73. The smallest absolute Gasteiger partial charge is 0.118 e. The van der Waals surface area contributed by atoms with Crippen LogP contribution < -0.4 is 4.74 Å². The van der Waals surface area contributed by atoms with Crippen molar-refractivity contribution in [2.45, 2.75) is 32.6 Å². The summed E-state index contributed by atoms with van der Waals surface area (Å²) in [7, 11) is 1.69. The van der Waals surface area contributed by atoms with E-state index in [-0.39, 0.29) is 0 Å². The van der Waals surface area contributed by atoms with Crippen molar-refractivity contribution < 1.29 is 9.47 Å². The summed E-state index contributed by atoms with van der Waals surface area (Å²) in [5, 5.41) is 0. The molecule has 2 heterocycles. The van der Waals surface area contributed by atoms with E-state index in [2.05, 4.69) is 43.0 Å². The highest BCUT2D eigenvalue weighted by atomic mass is 32.1. The van der Waals surface area contributed by atoms with Crippen LogP contribution in [-0.4, -0.2) is 49.7 Å². The molecule has 2 aliphatic rings. The number of methoxy groups -OCH3 is 1. The van der Waals surface area contributed by atoms with Gasteiger partial charge in [-0.05, 0) is 79.6 Å². The maximum absolute atomic E-state index is 5.85. The molecule has 0 amide bonds. The SMILES string of the molecule is COc1ccc(C(=S)c2cc3c(s2)C(C)C(CCN2CCOCC2)CC(C)=C3)cc1. The molecule has 2 atom stereocenters. The van der Waals surface area contributed by atoms with Crippen LogP contribution in [0.5, 0.6) is 5.75 Å². The molecule has 1 aliphatic heterocycles. The van der Waals surface area contributed by atoms with Gasteiger partial charge in [-0.3, -0.25) is 4.90 Å². The Morgan fingerprint density at radius 2 is 1.97 bits per heavy atom. The van der Waals surface area contributed by atoms with Gasteiger partial charge >= 0.3 is 0 Å². The average Bonchev–Trinajstić information content (AvgIpc) is 3.15. The molecule has 30 heavy (non-hydrogen) atoms. The van der Waals surface area contributed by atoms with E-state index in [1.165, 1.54) is 40.3 Å². The fourth-order valence-corrected chi connectivity index (χ4v) is 6.11. The predicted octanol–water partition coefficient (Wildman–Crippen LogP) is 5.77. The number of rotatable bonds is 6. The molecule has 1 saturated heterocycles. The van der Waals surface area contributed by atoms with Crippen molar-refractivity contribution in [2.75, 3.05) is 40.0 Å². The quantitative estimate of drug-likeness (QED) is 0.419. The summed E-state index contributed by atoms with van der Waals surface area (Å²) in [6.45, 7) is 9.75. The van der Waals surface area contributed by atoms with Gasteiger partial charge in [0.25, 0.3) is 0 Å². The summed E-state index contributed by atoms with van der Waals surface area (Å²) >= 11 is 7.74. The van der Waals surface area contributed by atoms with Crippen molar-refractivity contribution in [3.63, 3.8) is 0 Å². The number of benzene rings is 1. The average molecular weight is 442 g/mol. The van der Waals surface area contributed by atoms with Crippen LogP contribution in [0, 0.1) is 5.92 Å². The number of nitrogens with zero attached hydrogens (tertiary/aromatic N) is 1. The third-order valence-electron chi connectivity index (χ3n) is 6.39. The third kappa shape index (κ3) is 4.86. The summed E-state index contributed by atoms with van der Waals surface area (Å²) in [5.41, 5.74) is 3.93. The summed E-state index contributed by atoms with van der Waals surface area (Å²) in [6, 6.07) is 10.4.